The van der Waals surface area contributed by atoms with Crippen molar-refractivity contribution in [3.05, 3.63) is 42.5 Å². The predicted octanol–water partition coefficient (Wildman–Crippen LogP) is 1.23. The maximum Gasteiger partial charge on any atom is 0.320 e. The fraction of sp³-hybridized carbons (Fsp3) is 0.556. The zero-order valence-electron chi connectivity index (χ0n) is 22.8. The van der Waals surface area contributed by atoms with E-state index in [-0.39, 0.29) is 31.3 Å². The maximum absolute atomic E-state index is 13.8. The summed E-state index contributed by atoms with van der Waals surface area (Å²) in [7, 11) is -2.09. The first-order valence-electron chi connectivity index (χ1n) is 14.1. The number of tetrazole rings is 1. The van der Waals surface area contributed by atoms with Crippen molar-refractivity contribution in [1.29, 1.82) is 0 Å². The molecule has 4 atom stereocenters. The Balaban J connectivity index is 1.27. The van der Waals surface area contributed by atoms with Gasteiger partial charge in [0.25, 0.3) is 5.91 Å². The Labute approximate surface area is 238 Å². The first-order valence-corrected chi connectivity index (χ1v) is 15.6. The average molecular weight is 583 g/mol. The first kappa shape index (κ1) is 27.4. The van der Waals surface area contributed by atoms with Crippen molar-refractivity contribution in [3.8, 4) is 11.4 Å². The largest absolute Gasteiger partial charge is 0.339 e. The SMILES string of the molecule is CN1CCCC/C=C\[C@@H]2C[C@@]2(C(=O)NS(=O)(=O)C2CC2)NC(=O)[C@@H]2C[C@@H](n3nnc(-c4ccccc4)n3)CN2C1=O. The van der Waals surface area contributed by atoms with Gasteiger partial charge in [0.1, 0.15) is 11.6 Å². The number of fused-ring (bicyclic) bond motifs is 2. The Morgan fingerprint density at radius 2 is 1.93 bits per heavy atom. The van der Waals surface area contributed by atoms with E-state index in [9.17, 15) is 22.8 Å². The molecule has 1 aromatic carbocycles. The van der Waals surface area contributed by atoms with Gasteiger partial charge in [0, 0.05) is 38.0 Å². The Bertz CT molecular complexity index is 1470. The van der Waals surface area contributed by atoms with Gasteiger partial charge in [0.2, 0.25) is 21.8 Å². The van der Waals surface area contributed by atoms with Crippen molar-refractivity contribution in [3.63, 3.8) is 0 Å². The van der Waals surface area contributed by atoms with Gasteiger partial charge in [-0.15, -0.1) is 10.2 Å². The number of hydrogen-bond acceptors (Lipinski definition) is 8. The van der Waals surface area contributed by atoms with E-state index in [0.29, 0.717) is 25.2 Å². The Morgan fingerprint density at radius 1 is 1.15 bits per heavy atom. The average Bonchev–Trinajstić information content (AvgIpc) is 3.82. The van der Waals surface area contributed by atoms with Crippen LogP contribution in [-0.4, -0.2) is 93.2 Å². The van der Waals surface area contributed by atoms with Crippen LogP contribution in [0.4, 0.5) is 4.79 Å². The molecule has 1 aromatic heterocycles. The van der Waals surface area contributed by atoms with Crippen LogP contribution in [0.5, 0.6) is 0 Å². The number of urea groups is 1. The Kier molecular flexibility index (Phi) is 7.04. The topological polar surface area (TPSA) is 159 Å². The number of rotatable bonds is 5. The minimum absolute atomic E-state index is 0.185. The van der Waals surface area contributed by atoms with Crippen molar-refractivity contribution in [2.24, 2.45) is 5.92 Å². The molecule has 218 valence electrons. The van der Waals surface area contributed by atoms with Gasteiger partial charge in [-0.2, -0.15) is 4.80 Å². The molecule has 0 spiro atoms. The van der Waals surface area contributed by atoms with Gasteiger partial charge in [-0.05, 0) is 43.7 Å². The predicted molar refractivity (Wildman–Crippen MR) is 147 cm³/mol. The summed E-state index contributed by atoms with van der Waals surface area (Å²) in [4.78, 5) is 45.3. The van der Waals surface area contributed by atoms with E-state index >= 15 is 0 Å². The lowest BCUT2D eigenvalue weighted by molar-refractivity contribution is -0.131. The van der Waals surface area contributed by atoms with E-state index in [2.05, 4.69) is 25.4 Å². The molecule has 3 heterocycles. The molecule has 0 radical (unpaired) electrons. The lowest BCUT2D eigenvalue weighted by Crippen LogP contribution is -2.57. The molecule has 2 aliphatic carbocycles. The van der Waals surface area contributed by atoms with Crippen LogP contribution in [0.2, 0.25) is 0 Å². The van der Waals surface area contributed by atoms with E-state index in [0.717, 1.165) is 24.8 Å². The molecule has 2 aliphatic heterocycles. The molecule has 41 heavy (non-hydrogen) atoms. The van der Waals surface area contributed by atoms with Crippen LogP contribution in [-0.2, 0) is 19.6 Å². The summed E-state index contributed by atoms with van der Waals surface area (Å²) in [6.45, 7) is 0.723. The molecule has 3 fully saturated rings. The van der Waals surface area contributed by atoms with E-state index < -0.39 is 44.7 Å². The first-order chi connectivity index (χ1) is 19.7. The van der Waals surface area contributed by atoms with Gasteiger partial charge in [-0.25, -0.2) is 13.2 Å². The molecule has 2 aromatic rings. The van der Waals surface area contributed by atoms with E-state index in [1.165, 1.54) is 9.70 Å². The number of allylic oxidation sites excluding steroid dienone is 1. The Hall–Kier alpha value is -3.81. The highest BCUT2D eigenvalue weighted by molar-refractivity contribution is 7.91. The van der Waals surface area contributed by atoms with Crippen LogP contribution < -0.4 is 10.0 Å². The molecule has 6 rings (SSSR count). The summed E-state index contributed by atoms with van der Waals surface area (Å²) < 4.78 is 27.4. The summed E-state index contributed by atoms with van der Waals surface area (Å²) >= 11 is 0. The van der Waals surface area contributed by atoms with Gasteiger partial charge in [0.05, 0.1) is 11.3 Å². The zero-order chi connectivity index (χ0) is 28.8. The molecule has 14 heteroatoms. The van der Waals surface area contributed by atoms with Crippen molar-refractivity contribution in [2.45, 2.75) is 67.8 Å². The molecule has 4 aliphatic rings. The van der Waals surface area contributed by atoms with Gasteiger partial charge >= 0.3 is 6.03 Å². The fourth-order valence-electron chi connectivity index (χ4n) is 5.68. The smallest absolute Gasteiger partial charge is 0.320 e. The monoisotopic (exact) mass is 582 g/mol. The Morgan fingerprint density at radius 3 is 2.68 bits per heavy atom. The van der Waals surface area contributed by atoms with Gasteiger partial charge < -0.3 is 15.1 Å². The third-order valence-electron chi connectivity index (χ3n) is 8.39. The molecule has 1 saturated heterocycles. The fourth-order valence-corrected chi connectivity index (χ4v) is 7.04. The third kappa shape index (κ3) is 5.44. The second-order valence-electron chi connectivity index (χ2n) is 11.4. The number of carbonyl (C=O) groups is 3. The number of amides is 4. The highest BCUT2D eigenvalue weighted by Gasteiger charge is 2.62. The number of aromatic nitrogens is 4. The van der Waals surface area contributed by atoms with Crippen LogP contribution in [0, 0.1) is 5.92 Å². The number of carbonyl (C=O) groups excluding carboxylic acids is 3. The van der Waals surface area contributed by atoms with E-state index in [1.54, 1.807) is 11.9 Å². The van der Waals surface area contributed by atoms with Crippen LogP contribution >= 0.6 is 0 Å². The lowest BCUT2D eigenvalue weighted by atomic mass is 10.1. The highest BCUT2D eigenvalue weighted by Crippen LogP contribution is 2.46. The number of nitrogens with zero attached hydrogens (tertiary/aromatic N) is 6. The van der Waals surface area contributed by atoms with Gasteiger partial charge in [-0.1, -0.05) is 42.5 Å². The van der Waals surface area contributed by atoms with Crippen LogP contribution in [0.15, 0.2) is 42.5 Å². The molecule has 2 saturated carbocycles. The van der Waals surface area contributed by atoms with Gasteiger partial charge in [-0.3, -0.25) is 14.3 Å². The third-order valence-corrected chi connectivity index (χ3v) is 10.2. The highest BCUT2D eigenvalue weighted by atomic mass is 32.2. The molecule has 13 nitrogen and oxygen atoms in total. The number of nitrogens with one attached hydrogen (secondary N) is 2. The summed E-state index contributed by atoms with van der Waals surface area (Å²) in [5.41, 5.74) is -0.587. The minimum atomic E-state index is -3.80. The summed E-state index contributed by atoms with van der Waals surface area (Å²) in [5, 5.41) is 15.2. The number of benzene rings is 1. The van der Waals surface area contributed by atoms with Crippen molar-refractivity contribution in [2.75, 3.05) is 20.1 Å². The minimum Gasteiger partial charge on any atom is -0.339 e. The van der Waals surface area contributed by atoms with Gasteiger partial charge in [0.15, 0.2) is 0 Å². The molecular weight excluding hydrogens is 548 g/mol. The summed E-state index contributed by atoms with van der Waals surface area (Å²) in [6.07, 6.45) is 7.77. The van der Waals surface area contributed by atoms with Crippen LogP contribution in [0.3, 0.4) is 0 Å². The van der Waals surface area contributed by atoms with Crippen molar-refractivity contribution >= 4 is 27.9 Å². The lowest BCUT2D eigenvalue weighted by Gasteiger charge is -2.30. The standard InChI is InChI=1S/C27H34N8O5S/c1-33-14-8-3-2-7-11-19-16-27(19,25(37)31-41(39,40)21-12-13-21)28-24(36)22-15-20(17-34(22)26(33)38)35-30-23(29-32-35)18-9-5-4-6-10-18/h4-7,9-11,19-22H,2-3,8,12-17H2,1H3,(H,28,36)(H,31,37)/b11-7-/t19-,20-,22+,27-/m1/s1. The maximum atomic E-state index is 13.8. The number of sulfonamides is 1. The normalized spacial score (nSPS) is 29.6. The summed E-state index contributed by atoms with van der Waals surface area (Å²) in [5.74, 6) is -1.13. The molecule has 2 N–H and O–H groups in total. The van der Waals surface area contributed by atoms with E-state index in [4.69, 9.17) is 0 Å². The van der Waals surface area contributed by atoms with Crippen LogP contribution in [0.1, 0.15) is 51.0 Å². The summed E-state index contributed by atoms with van der Waals surface area (Å²) in [6, 6.07) is 7.77. The van der Waals surface area contributed by atoms with Crippen LogP contribution in [0.25, 0.3) is 11.4 Å². The molecule has 0 unspecified atom stereocenters. The molecule has 4 amide bonds. The van der Waals surface area contributed by atoms with Crippen molar-refractivity contribution < 1.29 is 22.8 Å². The molecule has 0 bridgehead atoms. The second kappa shape index (κ2) is 10.5. The zero-order valence-corrected chi connectivity index (χ0v) is 23.7. The number of hydrogen-bond donors (Lipinski definition) is 2. The molecular formula is C27H34N8O5S. The van der Waals surface area contributed by atoms with E-state index in [1.807, 2.05) is 42.5 Å². The second-order valence-corrected chi connectivity index (χ2v) is 13.4. The quantitative estimate of drug-likeness (QED) is 0.498. The van der Waals surface area contributed by atoms with Crippen molar-refractivity contribution in [1.82, 2.24) is 40.0 Å².